The Bertz CT molecular complexity index is 1080. The van der Waals surface area contributed by atoms with Gasteiger partial charge in [0.15, 0.2) is 0 Å². The number of rotatable bonds is 4. The van der Waals surface area contributed by atoms with E-state index in [1.807, 2.05) is 4.90 Å². The second-order valence-corrected chi connectivity index (χ2v) is 8.97. The summed E-state index contributed by atoms with van der Waals surface area (Å²) in [5.74, 6) is 0.0600. The molecule has 1 saturated heterocycles. The van der Waals surface area contributed by atoms with Crippen molar-refractivity contribution in [2.45, 2.75) is 32.6 Å². The molecule has 1 unspecified atom stereocenters. The molecule has 2 amide bonds. The Balaban J connectivity index is 1.45. The minimum atomic E-state index is -0.667. The van der Waals surface area contributed by atoms with Crippen LogP contribution >= 0.6 is 23.2 Å². The van der Waals surface area contributed by atoms with Crippen LogP contribution in [-0.4, -0.2) is 34.9 Å². The molecule has 0 spiro atoms. The van der Waals surface area contributed by atoms with Crippen molar-refractivity contribution in [2.75, 3.05) is 28.6 Å². The number of anilines is 3. The SMILES string of the molecule is CC1CCN(c2nc3c(c(=O)[nH]2)CC(CC(=O)Nc2ccc(Cl)c(Cl)c2)C(=O)N3)CC1. The Labute approximate surface area is 189 Å². The number of halogens is 2. The van der Waals surface area contributed by atoms with Gasteiger partial charge in [0.2, 0.25) is 17.8 Å². The summed E-state index contributed by atoms with van der Waals surface area (Å²) in [7, 11) is 0. The van der Waals surface area contributed by atoms with E-state index in [0.717, 1.165) is 25.9 Å². The first-order valence-electron chi connectivity index (χ1n) is 10.2. The highest BCUT2D eigenvalue weighted by molar-refractivity contribution is 6.42. The summed E-state index contributed by atoms with van der Waals surface area (Å²) in [6, 6.07) is 4.74. The Morgan fingerprint density at radius 2 is 1.97 bits per heavy atom. The normalized spacial score (nSPS) is 19.0. The number of hydrogen-bond donors (Lipinski definition) is 3. The lowest BCUT2D eigenvalue weighted by Crippen LogP contribution is -2.39. The minimum absolute atomic E-state index is 0.0727. The third kappa shape index (κ3) is 4.85. The molecule has 31 heavy (non-hydrogen) atoms. The second-order valence-electron chi connectivity index (χ2n) is 8.16. The number of nitrogens with zero attached hydrogens (tertiary/aromatic N) is 2. The van der Waals surface area contributed by atoms with E-state index < -0.39 is 5.92 Å². The van der Waals surface area contributed by atoms with Crippen LogP contribution in [0.2, 0.25) is 10.0 Å². The Morgan fingerprint density at radius 1 is 1.23 bits per heavy atom. The smallest absolute Gasteiger partial charge is 0.257 e. The number of carbonyl (C=O) groups is 2. The average molecular weight is 464 g/mol. The van der Waals surface area contributed by atoms with Gasteiger partial charge in [-0.1, -0.05) is 30.1 Å². The molecule has 0 saturated carbocycles. The van der Waals surface area contributed by atoms with Crippen LogP contribution in [0, 0.1) is 11.8 Å². The van der Waals surface area contributed by atoms with Crippen molar-refractivity contribution < 1.29 is 9.59 Å². The summed E-state index contributed by atoms with van der Waals surface area (Å²) < 4.78 is 0. The highest BCUT2D eigenvalue weighted by Gasteiger charge is 2.32. The number of benzene rings is 1. The van der Waals surface area contributed by atoms with Gasteiger partial charge in [0.1, 0.15) is 5.82 Å². The highest BCUT2D eigenvalue weighted by Crippen LogP contribution is 2.28. The molecular formula is C21H23Cl2N5O3. The van der Waals surface area contributed by atoms with Crippen molar-refractivity contribution in [2.24, 2.45) is 11.8 Å². The fourth-order valence-electron chi connectivity index (χ4n) is 3.88. The molecule has 1 aromatic heterocycles. The number of aromatic amines is 1. The van der Waals surface area contributed by atoms with E-state index in [4.69, 9.17) is 23.2 Å². The maximum atomic E-state index is 12.7. The van der Waals surface area contributed by atoms with Gasteiger partial charge in [-0.05, 0) is 43.4 Å². The van der Waals surface area contributed by atoms with E-state index in [9.17, 15) is 14.4 Å². The molecule has 1 fully saturated rings. The molecule has 4 rings (SSSR count). The minimum Gasteiger partial charge on any atom is -0.342 e. The van der Waals surface area contributed by atoms with Gasteiger partial charge in [0.25, 0.3) is 5.56 Å². The van der Waals surface area contributed by atoms with Crippen molar-refractivity contribution in [3.05, 3.63) is 44.2 Å². The standard InChI is InChI=1S/C21H23Cl2N5O3/c1-11-4-6-28(7-5-11)21-26-18-14(20(31)27-21)8-12(19(30)25-18)9-17(29)24-13-2-3-15(22)16(23)10-13/h2-3,10-12H,4-9H2,1H3,(H,24,29)(H2,25,26,27,30,31). The van der Waals surface area contributed by atoms with Gasteiger partial charge in [-0.15, -0.1) is 0 Å². The predicted octanol–water partition coefficient (Wildman–Crippen LogP) is 3.45. The highest BCUT2D eigenvalue weighted by atomic mass is 35.5. The first-order chi connectivity index (χ1) is 14.8. The molecule has 2 aliphatic heterocycles. The lowest BCUT2D eigenvalue weighted by molar-refractivity contribution is -0.125. The van der Waals surface area contributed by atoms with Crippen LogP contribution in [0.15, 0.2) is 23.0 Å². The zero-order valence-electron chi connectivity index (χ0n) is 17.0. The van der Waals surface area contributed by atoms with Crippen molar-refractivity contribution in [3.63, 3.8) is 0 Å². The third-order valence-corrected chi connectivity index (χ3v) is 6.52. The van der Waals surface area contributed by atoms with Gasteiger partial charge in [-0.25, -0.2) is 0 Å². The molecule has 164 valence electrons. The van der Waals surface area contributed by atoms with E-state index in [0.29, 0.717) is 33.2 Å². The van der Waals surface area contributed by atoms with Crippen LogP contribution < -0.4 is 21.1 Å². The van der Waals surface area contributed by atoms with Gasteiger partial charge in [0.05, 0.1) is 21.5 Å². The molecule has 10 heteroatoms. The quantitative estimate of drug-likeness (QED) is 0.643. The maximum Gasteiger partial charge on any atom is 0.257 e. The first kappa shape index (κ1) is 21.6. The van der Waals surface area contributed by atoms with E-state index in [-0.39, 0.29) is 36.0 Å². The number of nitrogens with one attached hydrogen (secondary N) is 3. The van der Waals surface area contributed by atoms with Gasteiger partial charge in [-0.2, -0.15) is 4.98 Å². The zero-order chi connectivity index (χ0) is 22.1. The van der Waals surface area contributed by atoms with E-state index in [1.54, 1.807) is 12.1 Å². The number of amides is 2. The Kier molecular flexibility index (Phi) is 6.20. The molecular weight excluding hydrogens is 441 g/mol. The van der Waals surface area contributed by atoms with Crippen molar-refractivity contribution in [3.8, 4) is 0 Å². The van der Waals surface area contributed by atoms with E-state index in [1.165, 1.54) is 6.07 Å². The zero-order valence-corrected chi connectivity index (χ0v) is 18.5. The monoisotopic (exact) mass is 463 g/mol. The van der Waals surface area contributed by atoms with Crippen molar-refractivity contribution in [1.29, 1.82) is 0 Å². The molecule has 3 N–H and O–H groups in total. The number of piperidine rings is 1. The van der Waals surface area contributed by atoms with Crippen LogP contribution in [0.1, 0.15) is 31.7 Å². The molecule has 0 aliphatic carbocycles. The van der Waals surface area contributed by atoms with Gasteiger partial charge in [0, 0.05) is 25.2 Å². The fraction of sp³-hybridized carbons (Fsp3) is 0.429. The summed E-state index contributed by atoms with van der Waals surface area (Å²) in [5.41, 5.74) is 0.589. The molecule has 2 aromatic rings. The molecule has 0 radical (unpaired) electrons. The maximum absolute atomic E-state index is 12.7. The van der Waals surface area contributed by atoms with Gasteiger partial charge in [-0.3, -0.25) is 19.4 Å². The Hall–Kier alpha value is -2.58. The van der Waals surface area contributed by atoms with E-state index in [2.05, 4.69) is 27.5 Å². The predicted molar refractivity (Wildman–Crippen MR) is 121 cm³/mol. The van der Waals surface area contributed by atoms with Crippen LogP contribution in [0.4, 0.5) is 17.5 Å². The van der Waals surface area contributed by atoms with Crippen molar-refractivity contribution in [1.82, 2.24) is 9.97 Å². The summed E-state index contributed by atoms with van der Waals surface area (Å²) in [4.78, 5) is 47.1. The third-order valence-electron chi connectivity index (χ3n) is 5.78. The van der Waals surface area contributed by atoms with Crippen LogP contribution in [0.5, 0.6) is 0 Å². The van der Waals surface area contributed by atoms with Crippen LogP contribution in [-0.2, 0) is 16.0 Å². The lowest BCUT2D eigenvalue weighted by atomic mass is 9.92. The molecule has 3 heterocycles. The molecule has 2 aliphatic rings. The second kappa shape index (κ2) is 8.88. The molecule has 1 aromatic carbocycles. The molecule has 0 bridgehead atoms. The number of hydrogen-bond acceptors (Lipinski definition) is 5. The van der Waals surface area contributed by atoms with Gasteiger partial charge >= 0.3 is 0 Å². The number of aromatic nitrogens is 2. The molecule has 8 nitrogen and oxygen atoms in total. The summed E-state index contributed by atoms with van der Waals surface area (Å²) in [6.45, 7) is 3.83. The average Bonchev–Trinajstić information content (AvgIpc) is 2.72. The summed E-state index contributed by atoms with van der Waals surface area (Å²) in [6.07, 6.45) is 2.14. The van der Waals surface area contributed by atoms with Crippen LogP contribution in [0.25, 0.3) is 0 Å². The summed E-state index contributed by atoms with van der Waals surface area (Å²) >= 11 is 11.8. The number of fused-ring (bicyclic) bond motifs is 1. The topological polar surface area (TPSA) is 107 Å². The van der Waals surface area contributed by atoms with E-state index >= 15 is 0 Å². The Morgan fingerprint density at radius 3 is 2.68 bits per heavy atom. The number of H-pyrrole nitrogens is 1. The molecule has 1 atom stereocenters. The van der Waals surface area contributed by atoms with Gasteiger partial charge < -0.3 is 15.5 Å². The summed E-state index contributed by atoms with van der Waals surface area (Å²) in [5, 5.41) is 6.11. The number of carbonyl (C=O) groups excluding carboxylic acids is 2. The van der Waals surface area contributed by atoms with Crippen LogP contribution in [0.3, 0.4) is 0 Å². The largest absolute Gasteiger partial charge is 0.342 e. The van der Waals surface area contributed by atoms with Crippen molar-refractivity contribution >= 4 is 52.5 Å². The fourth-order valence-corrected chi connectivity index (χ4v) is 4.18. The first-order valence-corrected chi connectivity index (χ1v) is 11.0. The lowest BCUT2D eigenvalue weighted by Gasteiger charge is -2.31.